The number of piperidine rings is 1. The molecule has 4 rings (SSSR count). The number of pyridine rings is 1. The van der Waals surface area contributed by atoms with E-state index in [4.69, 9.17) is 0 Å². The number of likely N-dealkylation sites (tertiary alicyclic amines) is 1. The van der Waals surface area contributed by atoms with Gasteiger partial charge >= 0.3 is 0 Å². The van der Waals surface area contributed by atoms with Crippen LogP contribution in [0.25, 0.3) is 5.57 Å². The van der Waals surface area contributed by atoms with E-state index in [0.717, 1.165) is 35.1 Å². The number of aryl methyl sites for hydroxylation is 1. The highest BCUT2D eigenvalue weighted by Crippen LogP contribution is 2.35. The molecule has 0 spiro atoms. The van der Waals surface area contributed by atoms with Crippen LogP contribution in [0.5, 0.6) is 11.5 Å². The van der Waals surface area contributed by atoms with Crippen LogP contribution in [0.15, 0.2) is 72.6 Å². The molecule has 0 atom stereocenters. The summed E-state index contributed by atoms with van der Waals surface area (Å²) >= 11 is 0. The van der Waals surface area contributed by atoms with E-state index in [0.29, 0.717) is 18.7 Å². The van der Waals surface area contributed by atoms with Crippen LogP contribution in [-0.2, 0) is 0 Å². The third-order valence-corrected chi connectivity index (χ3v) is 5.40. The zero-order valence-electron chi connectivity index (χ0n) is 16.9. The number of rotatable bonds is 3. The second-order valence-corrected chi connectivity index (χ2v) is 7.62. The average molecular weight is 400 g/mol. The topological polar surface area (TPSA) is 73.7 Å². The summed E-state index contributed by atoms with van der Waals surface area (Å²) in [6.45, 7) is 3.16. The SMILES string of the molecule is Cc1cncc(C(=O)N2CCC(=C(c3cccc(O)c3)c3cccc(O)c3)CC2)c1. The molecule has 3 aromatic rings. The van der Waals surface area contributed by atoms with Gasteiger partial charge in [0.25, 0.3) is 5.91 Å². The minimum atomic E-state index is 0.00140. The van der Waals surface area contributed by atoms with Crippen molar-refractivity contribution in [3.63, 3.8) is 0 Å². The summed E-state index contributed by atoms with van der Waals surface area (Å²) in [5, 5.41) is 20.0. The van der Waals surface area contributed by atoms with Crippen molar-refractivity contribution in [1.29, 1.82) is 0 Å². The Bertz CT molecular complexity index is 1060. The lowest BCUT2D eigenvalue weighted by Crippen LogP contribution is -2.36. The first-order valence-corrected chi connectivity index (χ1v) is 10.0. The van der Waals surface area contributed by atoms with Crippen molar-refractivity contribution in [2.45, 2.75) is 19.8 Å². The van der Waals surface area contributed by atoms with Crippen molar-refractivity contribution in [3.05, 3.63) is 94.8 Å². The molecule has 1 saturated heterocycles. The molecule has 0 aliphatic carbocycles. The highest BCUT2D eigenvalue weighted by molar-refractivity contribution is 5.94. The molecule has 152 valence electrons. The van der Waals surface area contributed by atoms with E-state index >= 15 is 0 Å². The van der Waals surface area contributed by atoms with Crippen molar-refractivity contribution in [3.8, 4) is 11.5 Å². The van der Waals surface area contributed by atoms with Crippen LogP contribution in [0.3, 0.4) is 0 Å². The molecule has 1 fully saturated rings. The van der Waals surface area contributed by atoms with Gasteiger partial charge in [0.2, 0.25) is 0 Å². The molecular weight excluding hydrogens is 376 g/mol. The van der Waals surface area contributed by atoms with Crippen molar-refractivity contribution >= 4 is 11.5 Å². The minimum absolute atomic E-state index is 0.00140. The van der Waals surface area contributed by atoms with Crippen LogP contribution < -0.4 is 0 Å². The number of aromatic nitrogens is 1. The molecule has 0 radical (unpaired) electrons. The summed E-state index contributed by atoms with van der Waals surface area (Å²) in [4.78, 5) is 18.9. The number of hydrogen-bond donors (Lipinski definition) is 2. The van der Waals surface area contributed by atoms with Crippen LogP contribution >= 0.6 is 0 Å². The molecule has 30 heavy (non-hydrogen) atoms. The van der Waals surface area contributed by atoms with Gasteiger partial charge in [0.05, 0.1) is 5.56 Å². The van der Waals surface area contributed by atoms with E-state index in [1.54, 1.807) is 36.7 Å². The zero-order chi connectivity index (χ0) is 21.1. The number of hydrogen-bond acceptors (Lipinski definition) is 4. The van der Waals surface area contributed by atoms with Crippen LogP contribution in [0.2, 0.25) is 0 Å². The first-order valence-electron chi connectivity index (χ1n) is 10.0. The Morgan fingerprint density at radius 3 is 2.00 bits per heavy atom. The van der Waals surface area contributed by atoms with Crippen LogP contribution in [0, 0.1) is 6.92 Å². The number of nitrogens with zero attached hydrogens (tertiary/aromatic N) is 2. The molecule has 0 unspecified atom stereocenters. The number of carbonyl (C=O) groups is 1. The van der Waals surface area contributed by atoms with Crippen molar-refractivity contribution in [1.82, 2.24) is 9.88 Å². The van der Waals surface area contributed by atoms with Gasteiger partial charge in [-0.05, 0) is 72.4 Å². The summed E-state index contributed by atoms with van der Waals surface area (Å²) in [5.74, 6) is 0.400. The van der Waals surface area contributed by atoms with Crippen LogP contribution in [0.4, 0.5) is 0 Å². The molecule has 1 aromatic heterocycles. The Morgan fingerprint density at radius 2 is 1.47 bits per heavy atom. The summed E-state index contributed by atoms with van der Waals surface area (Å²) in [7, 11) is 0. The van der Waals surface area contributed by atoms with Gasteiger partial charge in [-0.2, -0.15) is 0 Å². The van der Waals surface area contributed by atoms with Crippen molar-refractivity contribution in [2.75, 3.05) is 13.1 Å². The number of phenolic OH excluding ortho intramolecular Hbond substituents is 2. The monoisotopic (exact) mass is 400 g/mol. The Kier molecular flexibility index (Phi) is 5.53. The van der Waals surface area contributed by atoms with Crippen LogP contribution in [0.1, 0.15) is 39.9 Å². The molecule has 5 nitrogen and oxygen atoms in total. The predicted octanol–water partition coefficient (Wildman–Crippen LogP) is 4.54. The highest BCUT2D eigenvalue weighted by atomic mass is 16.3. The molecular formula is C25H24N2O3. The zero-order valence-corrected chi connectivity index (χ0v) is 16.9. The number of amides is 1. The minimum Gasteiger partial charge on any atom is -0.508 e. The lowest BCUT2D eigenvalue weighted by molar-refractivity contribution is 0.0743. The molecule has 2 N–H and O–H groups in total. The number of benzene rings is 2. The van der Waals surface area contributed by atoms with Gasteiger partial charge in [-0.15, -0.1) is 0 Å². The fourth-order valence-electron chi connectivity index (χ4n) is 3.98. The fraction of sp³-hybridized carbons (Fsp3) is 0.200. The smallest absolute Gasteiger partial charge is 0.255 e. The molecule has 1 aliphatic rings. The third kappa shape index (κ3) is 4.20. The van der Waals surface area contributed by atoms with E-state index in [1.165, 1.54) is 5.57 Å². The van der Waals surface area contributed by atoms with E-state index in [2.05, 4.69) is 4.98 Å². The number of aromatic hydroxyl groups is 2. The van der Waals surface area contributed by atoms with E-state index < -0.39 is 0 Å². The maximum atomic E-state index is 12.9. The van der Waals surface area contributed by atoms with Gasteiger partial charge in [0, 0.05) is 25.5 Å². The largest absolute Gasteiger partial charge is 0.508 e. The third-order valence-electron chi connectivity index (χ3n) is 5.40. The van der Waals surface area contributed by atoms with Gasteiger partial charge in [-0.1, -0.05) is 29.8 Å². The molecule has 1 amide bonds. The number of phenols is 2. The first kappa shape index (κ1) is 19.7. The Hall–Kier alpha value is -3.60. The summed E-state index contributed by atoms with van der Waals surface area (Å²) < 4.78 is 0. The number of carbonyl (C=O) groups excluding carboxylic acids is 1. The maximum absolute atomic E-state index is 12.9. The molecule has 1 aliphatic heterocycles. The van der Waals surface area contributed by atoms with Gasteiger partial charge in [0.15, 0.2) is 0 Å². The van der Waals surface area contributed by atoms with Crippen molar-refractivity contribution in [2.24, 2.45) is 0 Å². The lowest BCUT2D eigenvalue weighted by Gasteiger charge is -2.30. The van der Waals surface area contributed by atoms with Crippen LogP contribution in [-0.4, -0.2) is 39.1 Å². The van der Waals surface area contributed by atoms with E-state index in [9.17, 15) is 15.0 Å². The summed E-state index contributed by atoms with van der Waals surface area (Å²) in [6.07, 6.45) is 4.81. The van der Waals surface area contributed by atoms with E-state index in [1.807, 2.05) is 42.2 Å². The molecule has 5 heteroatoms. The van der Waals surface area contributed by atoms with Crippen molar-refractivity contribution < 1.29 is 15.0 Å². The summed E-state index contributed by atoms with van der Waals surface area (Å²) in [6, 6.07) is 16.2. The normalized spacial score (nSPS) is 13.9. The predicted molar refractivity (Wildman–Crippen MR) is 116 cm³/mol. The molecule has 2 heterocycles. The van der Waals surface area contributed by atoms with Gasteiger partial charge in [0.1, 0.15) is 11.5 Å². The summed E-state index contributed by atoms with van der Waals surface area (Å²) in [5.41, 5.74) is 5.59. The highest BCUT2D eigenvalue weighted by Gasteiger charge is 2.23. The quantitative estimate of drug-likeness (QED) is 0.677. The second kappa shape index (κ2) is 8.41. The Balaban J connectivity index is 1.65. The standard InChI is InChI=1S/C25H24N2O3/c1-17-12-21(16-26-15-17)25(30)27-10-8-18(9-11-27)24(19-4-2-6-22(28)13-19)20-5-3-7-23(29)14-20/h2-7,12-16,28-29H,8-11H2,1H3. The molecule has 2 aromatic carbocycles. The Morgan fingerprint density at radius 1 is 0.867 bits per heavy atom. The average Bonchev–Trinajstić information content (AvgIpc) is 2.74. The van der Waals surface area contributed by atoms with E-state index in [-0.39, 0.29) is 17.4 Å². The molecule has 0 bridgehead atoms. The Labute approximate surface area is 175 Å². The fourth-order valence-corrected chi connectivity index (χ4v) is 3.98. The van der Waals surface area contributed by atoms with Gasteiger partial charge in [-0.3, -0.25) is 9.78 Å². The van der Waals surface area contributed by atoms with Gasteiger partial charge < -0.3 is 15.1 Å². The van der Waals surface area contributed by atoms with Gasteiger partial charge in [-0.25, -0.2) is 0 Å². The second-order valence-electron chi connectivity index (χ2n) is 7.62. The first-order chi connectivity index (χ1) is 14.5. The maximum Gasteiger partial charge on any atom is 0.255 e. The molecule has 0 saturated carbocycles. The lowest BCUT2D eigenvalue weighted by atomic mass is 9.88.